The second-order valence-corrected chi connectivity index (χ2v) is 7.11. The number of anilines is 1. The van der Waals surface area contributed by atoms with Crippen LogP contribution in [0.4, 0.5) is 5.69 Å². The molecule has 5 heteroatoms. The Balaban J connectivity index is 3.12. The molecule has 1 aromatic carbocycles. The normalized spacial score (nSPS) is 12.6. The topological polar surface area (TPSA) is 49.4 Å². The van der Waals surface area contributed by atoms with Crippen LogP contribution in [-0.2, 0) is 16.0 Å². The van der Waals surface area contributed by atoms with Crippen LogP contribution < -0.4 is 10.2 Å². The SMILES string of the molecule is CCc1ccccc1N(CC(=O)NC(C)(C)C)C(=O)C(Cl)CC. The molecular formula is C18H27ClN2O2. The summed E-state index contributed by atoms with van der Waals surface area (Å²) in [6.07, 6.45) is 1.30. The predicted octanol–water partition coefficient (Wildman–Crippen LogP) is 3.51. The van der Waals surface area contributed by atoms with E-state index in [1.807, 2.05) is 58.9 Å². The fourth-order valence-corrected chi connectivity index (χ4v) is 2.42. The summed E-state index contributed by atoms with van der Waals surface area (Å²) in [5, 5.41) is 2.26. The van der Waals surface area contributed by atoms with E-state index in [2.05, 4.69) is 5.32 Å². The van der Waals surface area contributed by atoms with Crippen LogP contribution in [0.5, 0.6) is 0 Å². The number of halogens is 1. The Labute approximate surface area is 144 Å². The largest absolute Gasteiger partial charge is 0.350 e. The number of carbonyl (C=O) groups excluding carboxylic acids is 2. The van der Waals surface area contributed by atoms with E-state index >= 15 is 0 Å². The maximum atomic E-state index is 12.7. The number of nitrogens with one attached hydrogen (secondary N) is 1. The highest BCUT2D eigenvalue weighted by Gasteiger charge is 2.27. The number of rotatable bonds is 6. The van der Waals surface area contributed by atoms with Crippen LogP contribution in [0.2, 0.25) is 0 Å². The molecule has 0 bridgehead atoms. The Morgan fingerprint density at radius 3 is 2.35 bits per heavy atom. The Bertz CT molecular complexity index is 552. The summed E-state index contributed by atoms with van der Waals surface area (Å²) >= 11 is 6.15. The van der Waals surface area contributed by atoms with Crippen molar-refractivity contribution in [2.45, 2.75) is 58.4 Å². The van der Waals surface area contributed by atoms with Gasteiger partial charge >= 0.3 is 0 Å². The number of carbonyl (C=O) groups is 2. The Hall–Kier alpha value is -1.55. The molecule has 0 saturated carbocycles. The molecule has 0 saturated heterocycles. The van der Waals surface area contributed by atoms with Crippen LogP contribution in [0.15, 0.2) is 24.3 Å². The van der Waals surface area contributed by atoms with Crippen LogP contribution in [0.25, 0.3) is 0 Å². The minimum atomic E-state index is -0.637. The van der Waals surface area contributed by atoms with Gasteiger partial charge in [-0.15, -0.1) is 11.6 Å². The second-order valence-electron chi connectivity index (χ2n) is 6.58. The van der Waals surface area contributed by atoms with Gasteiger partial charge in [-0.1, -0.05) is 32.0 Å². The van der Waals surface area contributed by atoms with Crippen molar-refractivity contribution in [3.05, 3.63) is 29.8 Å². The van der Waals surface area contributed by atoms with E-state index < -0.39 is 5.38 Å². The smallest absolute Gasteiger partial charge is 0.245 e. The fraction of sp³-hybridized carbons (Fsp3) is 0.556. The number of nitrogens with zero attached hydrogens (tertiary/aromatic N) is 1. The van der Waals surface area contributed by atoms with Crippen LogP contribution in [0.1, 0.15) is 46.6 Å². The van der Waals surface area contributed by atoms with Crippen molar-refractivity contribution < 1.29 is 9.59 Å². The highest BCUT2D eigenvalue weighted by Crippen LogP contribution is 2.23. The Morgan fingerprint density at radius 1 is 1.22 bits per heavy atom. The molecule has 0 aliphatic heterocycles. The van der Waals surface area contributed by atoms with Gasteiger partial charge in [0.25, 0.3) is 0 Å². The van der Waals surface area contributed by atoms with Gasteiger partial charge in [0.15, 0.2) is 0 Å². The summed E-state index contributed by atoms with van der Waals surface area (Å²) in [7, 11) is 0. The lowest BCUT2D eigenvalue weighted by Crippen LogP contribution is -2.49. The molecule has 1 N–H and O–H groups in total. The third-order valence-corrected chi connectivity index (χ3v) is 3.87. The highest BCUT2D eigenvalue weighted by molar-refractivity contribution is 6.33. The minimum absolute atomic E-state index is 0.0314. The summed E-state index contributed by atoms with van der Waals surface area (Å²) in [5.74, 6) is -0.434. The first-order chi connectivity index (χ1) is 10.7. The molecule has 1 rings (SSSR count). The summed E-state index contributed by atoms with van der Waals surface area (Å²) < 4.78 is 0. The number of aryl methyl sites for hydroxylation is 1. The first-order valence-corrected chi connectivity index (χ1v) is 8.47. The summed E-state index contributed by atoms with van der Waals surface area (Å²) in [5.41, 5.74) is 1.42. The van der Waals surface area contributed by atoms with Crippen molar-refractivity contribution in [3.8, 4) is 0 Å². The monoisotopic (exact) mass is 338 g/mol. The first-order valence-electron chi connectivity index (χ1n) is 8.04. The lowest BCUT2D eigenvalue weighted by Gasteiger charge is -2.28. The van der Waals surface area contributed by atoms with E-state index in [1.54, 1.807) is 0 Å². The van der Waals surface area contributed by atoms with Crippen LogP contribution in [0, 0.1) is 0 Å². The predicted molar refractivity (Wildman–Crippen MR) is 96.0 cm³/mol. The lowest BCUT2D eigenvalue weighted by atomic mass is 10.1. The molecule has 0 aromatic heterocycles. The molecule has 1 aromatic rings. The number of hydrogen-bond acceptors (Lipinski definition) is 2. The van der Waals surface area contributed by atoms with E-state index in [0.29, 0.717) is 6.42 Å². The summed E-state index contributed by atoms with van der Waals surface area (Å²) in [4.78, 5) is 26.5. The van der Waals surface area contributed by atoms with Crippen molar-refractivity contribution in [2.24, 2.45) is 0 Å². The Morgan fingerprint density at radius 2 is 1.83 bits per heavy atom. The van der Waals surface area contributed by atoms with Gasteiger partial charge in [0.1, 0.15) is 11.9 Å². The molecule has 0 aliphatic rings. The van der Waals surface area contributed by atoms with Gasteiger partial charge in [-0.3, -0.25) is 9.59 Å². The van der Waals surface area contributed by atoms with Crippen molar-refractivity contribution in [2.75, 3.05) is 11.4 Å². The van der Waals surface area contributed by atoms with Crippen molar-refractivity contribution in [3.63, 3.8) is 0 Å². The van der Waals surface area contributed by atoms with Gasteiger partial charge in [-0.25, -0.2) is 0 Å². The van der Waals surface area contributed by atoms with E-state index in [0.717, 1.165) is 17.7 Å². The quantitative estimate of drug-likeness (QED) is 0.807. The van der Waals surface area contributed by atoms with Crippen molar-refractivity contribution in [1.29, 1.82) is 0 Å². The molecule has 0 heterocycles. The standard InChI is InChI=1S/C18H27ClN2O2/c1-6-13-10-8-9-11-15(13)21(17(23)14(19)7-2)12-16(22)20-18(3,4)5/h8-11,14H,6-7,12H2,1-5H3,(H,20,22). The first kappa shape index (κ1) is 19.5. The molecule has 4 nitrogen and oxygen atoms in total. The van der Waals surface area contributed by atoms with E-state index in [9.17, 15) is 9.59 Å². The maximum absolute atomic E-state index is 12.7. The lowest BCUT2D eigenvalue weighted by molar-refractivity contribution is -0.124. The molecule has 2 amide bonds. The fourth-order valence-electron chi connectivity index (χ4n) is 2.30. The number of para-hydroxylation sites is 1. The third kappa shape index (κ3) is 5.87. The maximum Gasteiger partial charge on any atom is 0.245 e. The molecule has 128 valence electrons. The average Bonchev–Trinajstić information content (AvgIpc) is 2.49. The molecule has 1 atom stereocenters. The number of amides is 2. The van der Waals surface area contributed by atoms with Gasteiger partial charge in [-0.05, 0) is 45.2 Å². The highest BCUT2D eigenvalue weighted by atomic mass is 35.5. The zero-order valence-electron chi connectivity index (χ0n) is 14.6. The second kappa shape index (κ2) is 8.34. The molecule has 0 aliphatic carbocycles. The third-order valence-electron chi connectivity index (χ3n) is 3.37. The molecule has 0 spiro atoms. The number of benzene rings is 1. The van der Waals surface area contributed by atoms with Gasteiger partial charge in [0, 0.05) is 11.2 Å². The van der Waals surface area contributed by atoms with Crippen molar-refractivity contribution in [1.82, 2.24) is 5.32 Å². The van der Waals surface area contributed by atoms with E-state index in [4.69, 9.17) is 11.6 Å². The number of hydrogen-bond donors (Lipinski definition) is 1. The van der Waals surface area contributed by atoms with Crippen LogP contribution in [-0.4, -0.2) is 29.3 Å². The zero-order chi connectivity index (χ0) is 17.6. The Kier molecular flexibility index (Phi) is 7.07. The van der Waals surface area contributed by atoms with Crippen LogP contribution in [0.3, 0.4) is 0 Å². The van der Waals surface area contributed by atoms with E-state index in [-0.39, 0.29) is 23.9 Å². The molecule has 1 unspecified atom stereocenters. The van der Waals surface area contributed by atoms with Crippen LogP contribution >= 0.6 is 11.6 Å². The van der Waals surface area contributed by atoms with Gasteiger partial charge in [0.2, 0.25) is 11.8 Å². The van der Waals surface area contributed by atoms with Crippen molar-refractivity contribution >= 4 is 29.1 Å². The zero-order valence-corrected chi connectivity index (χ0v) is 15.4. The summed E-state index contributed by atoms with van der Waals surface area (Å²) in [6, 6.07) is 7.62. The van der Waals surface area contributed by atoms with Gasteiger partial charge in [0.05, 0.1) is 0 Å². The van der Waals surface area contributed by atoms with E-state index in [1.165, 1.54) is 4.90 Å². The summed E-state index contributed by atoms with van der Waals surface area (Å²) in [6.45, 7) is 9.58. The molecule has 0 radical (unpaired) electrons. The average molecular weight is 339 g/mol. The molecular weight excluding hydrogens is 312 g/mol. The van der Waals surface area contributed by atoms with Gasteiger partial charge in [-0.2, -0.15) is 0 Å². The molecule has 23 heavy (non-hydrogen) atoms. The number of alkyl halides is 1. The van der Waals surface area contributed by atoms with Gasteiger partial charge < -0.3 is 10.2 Å². The molecule has 0 fully saturated rings. The minimum Gasteiger partial charge on any atom is -0.350 e.